The quantitative estimate of drug-likeness (QED) is 0.682. The molecule has 5 heteroatoms. The van der Waals surface area contributed by atoms with Gasteiger partial charge in [0, 0.05) is 17.2 Å². The van der Waals surface area contributed by atoms with E-state index in [2.05, 4.69) is 5.32 Å². The second kappa shape index (κ2) is 9.40. The normalized spacial score (nSPS) is 13.9. The molecule has 0 radical (unpaired) electrons. The lowest BCUT2D eigenvalue weighted by Gasteiger charge is -2.16. The number of nitrogens with one attached hydrogen (secondary N) is 1. The summed E-state index contributed by atoms with van der Waals surface area (Å²) in [7, 11) is 0. The SMILES string of the molecule is CCOc1ccc(C(C)=O)cc1COc1ccccc1C(=O)NC1CCCC1. The Balaban J connectivity index is 1.76. The van der Waals surface area contributed by atoms with Crippen LogP contribution in [0.15, 0.2) is 42.5 Å². The summed E-state index contributed by atoms with van der Waals surface area (Å²) in [6.07, 6.45) is 4.39. The molecule has 1 N–H and O–H groups in total. The highest BCUT2D eigenvalue weighted by Crippen LogP contribution is 2.25. The zero-order valence-electron chi connectivity index (χ0n) is 16.5. The minimum Gasteiger partial charge on any atom is -0.493 e. The maximum atomic E-state index is 12.7. The van der Waals surface area contributed by atoms with Crippen LogP contribution in [0.5, 0.6) is 11.5 Å². The molecule has 28 heavy (non-hydrogen) atoms. The fourth-order valence-corrected chi connectivity index (χ4v) is 3.48. The molecule has 1 aliphatic rings. The number of Topliss-reactive ketones (excluding diaryl/α,β-unsaturated/α-hetero) is 1. The van der Waals surface area contributed by atoms with Crippen LogP contribution in [0.25, 0.3) is 0 Å². The van der Waals surface area contributed by atoms with Gasteiger partial charge < -0.3 is 14.8 Å². The van der Waals surface area contributed by atoms with Gasteiger partial charge >= 0.3 is 0 Å². The molecule has 0 spiro atoms. The Bertz CT molecular complexity index is 840. The molecule has 2 aromatic carbocycles. The number of amides is 1. The van der Waals surface area contributed by atoms with Crippen molar-refractivity contribution in [3.05, 3.63) is 59.2 Å². The lowest BCUT2D eigenvalue weighted by Crippen LogP contribution is -2.32. The number of para-hydroxylation sites is 1. The average molecular weight is 381 g/mol. The van der Waals surface area contributed by atoms with Crippen LogP contribution in [-0.4, -0.2) is 24.3 Å². The van der Waals surface area contributed by atoms with E-state index < -0.39 is 0 Å². The number of ketones is 1. The highest BCUT2D eigenvalue weighted by molar-refractivity contribution is 5.97. The third-order valence-corrected chi connectivity index (χ3v) is 4.97. The van der Waals surface area contributed by atoms with Crippen molar-refractivity contribution in [2.75, 3.05) is 6.61 Å². The number of carbonyl (C=O) groups is 2. The summed E-state index contributed by atoms with van der Waals surface area (Å²) in [5.41, 5.74) is 1.91. The first-order valence-electron chi connectivity index (χ1n) is 9.88. The van der Waals surface area contributed by atoms with E-state index in [0.717, 1.165) is 31.2 Å². The van der Waals surface area contributed by atoms with E-state index in [4.69, 9.17) is 9.47 Å². The van der Waals surface area contributed by atoms with Crippen LogP contribution in [0.2, 0.25) is 0 Å². The number of hydrogen-bond donors (Lipinski definition) is 1. The number of rotatable bonds is 8. The van der Waals surface area contributed by atoms with Gasteiger partial charge in [-0.25, -0.2) is 0 Å². The molecule has 0 aromatic heterocycles. The van der Waals surface area contributed by atoms with E-state index in [1.807, 2.05) is 19.1 Å². The van der Waals surface area contributed by atoms with Crippen molar-refractivity contribution in [3.63, 3.8) is 0 Å². The Morgan fingerprint density at radius 3 is 2.50 bits per heavy atom. The molecule has 0 atom stereocenters. The van der Waals surface area contributed by atoms with Gasteiger partial charge in [0.05, 0.1) is 12.2 Å². The van der Waals surface area contributed by atoms with Crippen molar-refractivity contribution in [2.24, 2.45) is 0 Å². The summed E-state index contributed by atoms with van der Waals surface area (Å²) < 4.78 is 11.6. The maximum absolute atomic E-state index is 12.7. The van der Waals surface area contributed by atoms with Crippen LogP contribution in [0, 0.1) is 0 Å². The van der Waals surface area contributed by atoms with E-state index in [1.54, 1.807) is 30.3 Å². The Labute approximate surface area is 166 Å². The predicted molar refractivity (Wildman–Crippen MR) is 108 cm³/mol. The Morgan fingerprint density at radius 1 is 1.04 bits per heavy atom. The topological polar surface area (TPSA) is 64.6 Å². The van der Waals surface area contributed by atoms with Gasteiger partial charge in [0.1, 0.15) is 18.1 Å². The van der Waals surface area contributed by atoms with E-state index >= 15 is 0 Å². The number of hydrogen-bond acceptors (Lipinski definition) is 4. The third-order valence-electron chi connectivity index (χ3n) is 4.97. The van der Waals surface area contributed by atoms with Crippen molar-refractivity contribution in [2.45, 2.75) is 52.2 Å². The van der Waals surface area contributed by atoms with Crippen LogP contribution in [-0.2, 0) is 6.61 Å². The molecule has 0 unspecified atom stereocenters. The van der Waals surface area contributed by atoms with Gasteiger partial charge in [-0.3, -0.25) is 9.59 Å². The summed E-state index contributed by atoms with van der Waals surface area (Å²) in [6.45, 7) is 4.17. The predicted octanol–water partition coefficient (Wildman–Crippen LogP) is 4.54. The number of ether oxygens (including phenoxy) is 2. The third kappa shape index (κ3) is 4.91. The highest BCUT2D eigenvalue weighted by atomic mass is 16.5. The molecule has 0 bridgehead atoms. The molecule has 148 valence electrons. The van der Waals surface area contributed by atoms with Crippen LogP contribution in [0.3, 0.4) is 0 Å². The second-order valence-electron chi connectivity index (χ2n) is 7.05. The monoisotopic (exact) mass is 381 g/mol. The standard InChI is InChI=1S/C23H27NO4/c1-3-27-21-13-12-17(16(2)25)14-18(21)15-28-22-11-7-6-10-20(22)23(26)24-19-8-4-5-9-19/h6-7,10-14,19H,3-5,8-9,15H2,1-2H3,(H,24,26). The van der Waals surface area contributed by atoms with E-state index in [9.17, 15) is 9.59 Å². The van der Waals surface area contributed by atoms with Crippen molar-refractivity contribution < 1.29 is 19.1 Å². The molecule has 3 rings (SSSR count). The minimum absolute atomic E-state index is 0.0133. The first-order chi connectivity index (χ1) is 13.6. The molecule has 1 fully saturated rings. The molecular weight excluding hydrogens is 354 g/mol. The summed E-state index contributed by atoms with van der Waals surface area (Å²) in [4.78, 5) is 24.4. The molecule has 0 heterocycles. The fraction of sp³-hybridized carbons (Fsp3) is 0.391. The summed E-state index contributed by atoms with van der Waals surface area (Å²) >= 11 is 0. The van der Waals surface area contributed by atoms with Gasteiger partial charge in [0.25, 0.3) is 5.91 Å². The first kappa shape index (κ1) is 19.9. The molecule has 1 amide bonds. The lowest BCUT2D eigenvalue weighted by atomic mass is 10.1. The Kier molecular flexibility index (Phi) is 6.69. The van der Waals surface area contributed by atoms with Gasteiger partial charge in [-0.15, -0.1) is 0 Å². The second-order valence-corrected chi connectivity index (χ2v) is 7.05. The average Bonchev–Trinajstić information content (AvgIpc) is 3.20. The Morgan fingerprint density at radius 2 is 1.79 bits per heavy atom. The van der Waals surface area contributed by atoms with Crippen LogP contribution in [0.1, 0.15) is 65.8 Å². The van der Waals surface area contributed by atoms with E-state index in [-0.39, 0.29) is 24.3 Å². The first-order valence-corrected chi connectivity index (χ1v) is 9.88. The zero-order valence-corrected chi connectivity index (χ0v) is 16.5. The summed E-state index contributed by atoms with van der Waals surface area (Å²) in [6, 6.07) is 12.8. The van der Waals surface area contributed by atoms with Gasteiger partial charge in [-0.1, -0.05) is 25.0 Å². The molecular formula is C23H27NO4. The lowest BCUT2D eigenvalue weighted by molar-refractivity contribution is 0.0932. The van der Waals surface area contributed by atoms with Crippen molar-refractivity contribution >= 4 is 11.7 Å². The molecule has 1 aliphatic carbocycles. The van der Waals surface area contributed by atoms with Crippen LogP contribution in [0.4, 0.5) is 0 Å². The molecule has 5 nitrogen and oxygen atoms in total. The van der Waals surface area contributed by atoms with Crippen molar-refractivity contribution in [1.29, 1.82) is 0 Å². The summed E-state index contributed by atoms with van der Waals surface area (Å²) in [5.74, 6) is 1.08. The van der Waals surface area contributed by atoms with Crippen LogP contribution < -0.4 is 14.8 Å². The van der Waals surface area contributed by atoms with E-state index in [1.165, 1.54) is 6.92 Å². The molecule has 0 aliphatic heterocycles. The largest absolute Gasteiger partial charge is 0.493 e. The van der Waals surface area contributed by atoms with Gasteiger partial charge in [-0.2, -0.15) is 0 Å². The smallest absolute Gasteiger partial charge is 0.255 e. The number of carbonyl (C=O) groups excluding carboxylic acids is 2. The fourth-order valence-electron chi connectivity index (χ4n) is 3.48. The van der Waals surface area contributed by atoms with E-state index in [0.29, 0.717) is 29.2 Å². The molecule has 0 saturated heterocycles. The molecule has 1 saturated carbocycles. The highest BCUT2D eigenvalue weighted by Gasteiger charge is 2.20. The number of benzene rings is 2. The summed E-state index contributed by atoms with van der Waals surface area (Å²) in [5, 5.41) is 3.10. The minimum atomic E-state index is -0.106. The van der Waals surface area contributed by atoms with Crippen molar-refractivity contribution in [3.8, 4) is 11.5 Å². The zero-order chi connectivity index (χ0) is 19.9. The van der Waals surface area contributed by atoms with Gasteiger partial charge in [-0.05, 0) is 57.0 Å². The Hall–Kier alpha value is -2.82. The molecule has 2 aromatic rings. The van der Waals surface area contributed by atoms with Gasteiger partial charge in [0.2, 0.25) is 0 Å². The van der Waals surface area contributed by atoms with Crippen LogP contribution >= 0.6 is 0 Å². The van der Waals surface area contributed by atoms with Crippen molar-refractivity contribution in [1.82, 2.24) is 5.32 Å². The maximum Gasteiger partial charge on any atom is 0.255 e. The van der Waals surface area contributed by atoms with Gasteiger partial charge in [0.15, 0.2) is 5.78 Å².